The Bertz CT molecular complexity index is 686. The summed E-state index contributed by atoms with van der Waals surface area (Å²) >= 11 is 5.80. The predicted octanol–water partition coefficient (Wildman–Crippen LogP) is 3.27. The molecular weight excluding hydrogens is 316 g/mol. The third kappa shape index (κ3) is 5.30. The van der Waals surface area contributed by atoms with Gasteiger partial charge in [-0.1, -0.05) is 29.8 Å². The Morgan fingerprint density at radius 1 is 1.22 bits per heavy atom. The Labute approximate surface area is 139 Å². The second-order valence-corrected chi connectivity index (χ2v) is 5.16. The lowest BCUT2D eigenvalue weighted by Crippen LogP contribution is -2.33. The van der Waals surface area contributed by atoms with Gasteiger partial charge in [0.2, 0.25) is 0 Å². The van der Waals surface area contributed by atoms with Crippen molar-refractivity contribution in [3.63, 3.8) is 0 Å². The summed E-state index contributed by atoms with van der Waals surface area (Å²) in [5, 5.41) is 4.54. The Morgan fingerprint density at radius 2 is 1.91 bits per heavy atom. The molecule has 2 aromatic carbocycles. The highest BCUT2D eigenvalue weighted by atomic mass is 35.5. The van der Waals surface area contributed by atoms with Crippen LogP contribution in [0.4, 0.5) is 0 Å². The van der Waals surface area contributed by atoms with Crippen LogP contribution in [0.5, 0.6) is 11.5 Å². The van der Waals surface area contributed by atoms with E-state index in [2.05, 4.69) is 10.5 Å². The van der Waals surface area contributed by atoms with E-state index in [1.165, 1.54) is 6.21 Å². The van der Waals surface area contributed by atoms with Crippen molar-refractivity contribution in [2.24, 2.45) is 5.10 Å². The second-order valence-electron chi connectivity index (χ2n) is 4.72. The SMILES string of the molecule is COc1cccc(OC(C)C(=O)N/N=C/c2ccc(Cl)cc2)c1. The van der Waals surface area contributed by atoms with Crippen molar-refractivity contribution in [3.05, 3.63) is 59.1 Å². The largest absolute Gasteiger partial charge is 0.497 e. The summed E-state index contributed by atoms with van der Waals surface area (Å²) in [6, 6.07) is 14.1. The summed E-state index contributed by atoms with van der Waals surface area (Å²) in [6.07, 6.45) is 0.844. The summed E-state index contributed by atoms with van der Waals surface area (Å²) < 4.78 is 10.7. The van der Waals surface area contributed by atoms with Gasteiger partial charge in [-0.3, -0.25) is 4.79 Å². The molecule has 1 unspecified atom stereocenters. The normalized spacial score (nSPS) is 12.0. The van der Waals surface area contributed by atoms with Crippen molar-refractivity contribution in [1.29, 1.82) is 0 Å². The fourth-order valence-electron chi connectivity index (χ4n) is 1.74. The minimum atomic E-state index is -0.690. The van der Waals surface area contributed by atoms with Gasteiger partial charge in [-0.25, -0.2) is 5.43 Å². The molecule has 6 heteroatoms. The van der Waals surface area contributed by atoms with Crippen molar-refractivity contribution >= 4 is 23.7 Å². The molecular formula is C17H17ClN2O3. The van der Waals surface area contributed by atoms with Gasteiger partial charge in [0.1, 0.15) is 11.5 Å². The molecule has 0 radical (unpaired) electrons. The Kier molecular flexibility index (Phi) is 6.00. The van der Waals surface area contributed by atoms with Crippen LogP contribution in [-0.2, 0) is 4.79 Å². The Hall–Kier alpha value is -2.53. The monoisotopic (exact) mass is 332 g/mol. The average Bonchev–Trinajstić information content (AvgIpc) is 2.56. The molecule has 23 heavy (non-hydrogen) atoms. The molecule has 2 aromatic rings. The first kappa shape index (κ1) is 16.8. The van der Waals surface area contributed by atoms with Gasteiger partial charge in [0.05, 0.1) is 13.3 Å². The van der Waals surface area contributed by atoms with Crippen LogP contribution in [-0.4, -0.2) is 25.3 Å². The molecule has 0 aliphatic carbocycles. The van der Waals surface area contributed by atoms with E-state index in [0.29, 0.717) is 16.5 Å². The number of ether oxygens (including phenoxy) is 2. The van der Waals surface area contributed by atoms with Crippen LogP contribution >= 0.6 is 11.6 Å². The van der Waals surface area contributed by atoms with Gasteiger partial charge in [-0.2, -0.15) is 5.10 Å². The molecule has 5 nitrogen and oxygen atoms in total. The van der Waals surface area contributed by atoms with Gasteiger partial charge < -0.3 is 9.47 Å². The first-order valence-electron chi connectivity index (χ1n) is 6.97. The number of hydrogen-bond acceptors (Lipinski definition) is 4. The molecule has 0 aromatic heterocycles. The summed E-state index contributed by atoms with van der Waals surface area (Å²) in [5.74, 6) is 0.864. The molecule has 0 aliphatic rings. The van der Waals surface area contributed by atoms with E-state index in [-0.39, 0.29) is 5.91 Å². The van der Waals surface area contributed by atoms with Crippen LogP contribution < -0.4 is 14.9 Å². The maximum Gasteiger partial charge on any atom is 0.280 e. The van der Waals surface area contributed by atoms with Gasteiger partial charge in [0.25, 0.3) is 5.91 Å². The quantitative estimate of drug-likeness (QED) is 0.652. The Balaban J connectivity index is 1.88. The van der Waals surface area contributed by atoms with Crippen molar-refractivity contribution < 1.29 is 14.3 Å². The van der Waals surface area contributed by atoms with Gasteiger partial charge in [0.15, 0.2) is 6.10 Å². The molecule has 0 heterocycles. The standard InChI is InChI=1S/C17H17ClN2O3/c1-12(23-16-5-3-4-15(10-16)22-2)17(21)20-19-11-13-6-8-14(18)9-7-13/h3-12H,1-2H3,(H,20,21)/b19-11+. The average molecular weight is 333 g/mol. The molecule has 0 fully saturated rings. The fraction of sp³-hybridized carbons (Fsp3) is 0.176. The third-order valence-corrected chi connectivity index (χ3v) is 3.23. The highest BCUT2D eigenvalue weighted by molar-refractivity contribution is 6.30. The van der Waals surface area contributed by atoms with E-state index in [4.69, 9.17) is 21.1 Å². The molecule has 0 bridgehead atoms. The maximum atomic E-state index is 11.9. The number of carbonyl (C=O) groups is 1. The molecule has 1 N–H and O–H groups in total. The van der Waals surface area contributed by atoms with Crippen molar-refractivity contribution in [1.82, 2.24) is 5.43 Å². The summed E-state index contributed by atoms with van der Waals surface area (Å²) in [6.45, 7) is 1.65. The number of nitrogens with one attached hydrogen (secondary N) is 1. The number of hydrogen-bond donors (Lipinski definition) is 1. The molecule has 1 amide bonds. The number of rotatable bonds is 6. The highest BCUT2D eigenvalue weighted by Gasteiger charge is 2.14. The van der Waals surface area contributed by atoms with Gasteiger partial charge in [0, 0.05) is 11.1 Å². The van der Waals surface area contributed by atoms with Crippen LogP contribution in [0.3, 0.4) is 0 Å². The third-order valence-electron chi connectivity index (χ3n) is 2.98. The van der Waals surface area contributed by atoms with Crippen LogP contribution in [0.1, 0.15) is 12.5 Å². The van der Waals surface area contributed by atoms with Gasteiger partial charge in [-0.05, 0) is 36.8 Å². The topological polar surface area (TPSA) is 59.9 Å². The van der Waals surface area contributed by atoms with Gasteiger partial charge in [-0.15, -0.1) is 0 Å². The summed E-state index contributed by atoms with van der Waals surface area (Å²) in [7, 11) is 1.57. The lowest BCUT2D eigenvalue weighted by molar-refractivity contribution is -0.127. The zero-order valence-corrected chi connectivity index (χ0v) is 13.6. The number of nitrogens with zero attached hydrogens (tertiary/aromatic N) is 1. The molecule has 0 saturated heterocycles. The molecule has 0 spiro atoms. The van der Waals surface area contributed by atoms with Crippen LogP contribution in [0.25, 0.3) is 0 Å². The Morgan fingerprint density at radius 3 is 2.61 bits per heavy atom. The van der Waals surface area contributed by atoms with E-state index in [1.807, 2.05) is 0 Å². The summed E-state index contributed by atoms with van der Waals surface area (Å²) in [5.41, 5.74) is 3.27. The van der Waals surface area contributed by atoms with Crippen molar-refractivity contribution in [2.75, 3.05) is 7.11 Å². The number of carbonyl (C=O) groups excluding carboxylic acids is 1. The molecule has 0 aliphatic heterocycles. The molecule has 120 valence electrons. The second kappa shape index (κ2) is 8.19. The lowest BCUT2D eigenvalue weighted by atomic mass is 10.2. The van der Waals surface area contributed by atoms with Crippen LogP contribution in [0, 0.1) is 0 Å². The first-order chi connectivity index (χ1) is 11.1. The molecule has 1 atom stereocenters. The number of benzene rings is 2. The van der Waals surface area contributed by atoms with E-state index in [1.54, 1.807) is 62.6 Å². The minimum absolute atomic E-state index is 0.349. The number of hydrazone groups is 1. The zero-order valence-electron chi connectivity index (χ0n) is 12.8. The van der Waals surface area contributed by atoms with Gasteiger partial charge >= 0.3 is 0 Å². The highest BCUT2D eigenvalue weighted by Crippen LogP contribution is 2.19. The smallest absolute Gasteiger partial charge is 0.280 e. The summed E-state index contributed by atoms with van der Waals surface area (Å²) in [4.78, 5) is 11.9. The number of amides is 1. The van der Waals surface area contributed by atoms with Crippen molar-refractivity contribution in [3.8, 4) is 11.5 Å². The van der Waals surface area contributed by atoms with Crippen LogP contribution in [0.15, 0.2) is 53.6 Å². The van der Waals surface area contributed by atoms with E-state index in [9.17, 15) is 4.79 Å². The van der Waals surface area contributed by atoms with Crippen molar-refractivity contribution in [2.45, 2.75) is 13.0 Å². The maximum absolute atomic E-state index is 11.9. The first-order valence-corrected chi connectivity index (χ1v) is 7.35. The van der Waals surface area contributed by atoms with E-state index < -0.39 is 6.10 Å². The fourth-order valence-corrected chi connectivity index (χ4v) is 1.87. The van der Waals surface area contributed by atoms with E-state index >= 15 is 0 Å². The number of methoxy groups -OCH3 is 1. The predicted molar refractivity (Wildman–Crippen MR) is 90.3 cm³/mol. The lowest BCUT2D eigenvalue weighted by Gasteiger charge is -2.13. The zero-order chi connectivity index (χ0) is 16.7. The molecule has 0 saturated carbocycles. The molecule has 2 rings (SSSR count). The minimum Gasteiger partial charge on any atom is -0.497 e. The van der Waals surface area contributed by atoms with E-state index in [0.717, 1.165) is 5.56 Å². The number of halogens is 1. The van der Waals surface area contributed by atoms with Crippen LogP contribution in [0.2, 0.25) is 5.02 Å².